The van der Waals surface area contributed by atoms with E-state index in [2.05, 4.69) is 57.8 Å². The summed E-state index contributed by atoms with van der Waals surface area (Å²) in [5.41, 5.74) is 7.81. The molecule has 0 radical (unpaired) electrons. The number of aromatic carboxylic acids is 1. The van der Waals surface area contributed by atoms with Crippen molar-refractivity contribution in [2.75, 3.05) is 0 Å². The predicted octanol–water partition coefficient (Wildman–Crippen LogP) is 6.00. The Morgan fingerprint density at radius 2 is 1.67 bits per heavy atom. The molecule has 1 aromatic carbocycles. The van der Waals surface area contributed by atoms with Crippen LogP contribution < -0.4 is 0 Å². The summed E-state index contributed by atoms with van der Waals surface area (Å²) >= 11 is 0. The molecule has 3 nitrogen and oxygen atoms in total. The number of hydrogen-bond donors (Lipinski definition) is 1. The number of carboxylic acid groups (broad SMARTS) is 1. The number of aryl methyl sites for hydroxylation is 1. The van der Waals surface area contributed by atoms with Crippen LogP contribution in [0.3, 0.4) is 0 Å². The van der Waals surface area contributed by atoms with Crippen LogP contribution >= 0.6 is 0 Å². The van der Waals surface area contributed by atoms with E-state index in [0.717, 1.165) is 11.3 Å². The summed E-state index contributed by atoms with van der Waals surface area (Å²) in [5, 5.41) is 9.04. The fraction of sp³-hybridized carbons (Fsp3) is 0.417. The molecule has 3 rings (SSSR count). The van der Waals surface area contributed by atoms with Crippen LogP contribution in [0.5, 0.6) is 0 Å². The highest BCUT2D eigenvalue weighted by Gasteiger charge is 2.37. The summed E-state index contributed by atoms with van der Waals surface area (Å²) in [7, 11) is 0. The zero-order valence-electron chi connectivity index (χ0n) is 17.2. The highest BCUT2D eigenvalue weighted by Crippen LogP contribution is 2.46. The topological polar surface area (TPSA) is 50.2 Å². The molecule has 0 spiro atoms. The summed E-state index contributed by atoms with van der Waals surface area (Å²) in [4.78, 5) is 15.3. The second-order valence-corrected chi connectivity index (χ2v) is 9.09. The van der Waals surface area contributed by atoms with Gasteiger partial charge in [0.1, 0.15) is 0 Å². The molecule has 27 heavy (non-hydrogen) atoms. The lowest BCUT2D eigenvalue weighted by Crippen LogP contribution is -2.34. The van der Waals surface area contributed by atoms with Crippen molar-refractivity contribution >= 4 is 17.6 Å². The molecule has 3 heteroatoms. The van der Waals surface area contributed by atoms with Gasteiger partial charge in [0.2, 0.25) is 0 Å². The van der Waals surface area contributed by atoms with Crippen LogP contribution in [0.25, 0.3) is 11.6 Å². The summed E-state index contributed by atoms with van der Waals surface area (Å²) in [6, 6.07) is 8.08. The molecule has 2 aromatic rings. The molecule has 1 aliphatic rings. The number of carboxylic acids is 1. The standard InChI is InChI=1S/C24H29NO2/c1-15-12-19-20(24(5,6)10-9-23(19,3)4)13-18(15)11-16(2)21-8-7-17(14-25-21)22(26)27/h7-8,11-14H,9-10H2,1-6H3,(H,26,27)/b16-11-. The molecule has 1 aromatic heterocycles. The smallest absolute Gasteiger partial charge is 0.337 e. The van der Waals surface area contributed by atoms with Gasteiger partial charge < -0.3 is 5.11 Å². The minimum atomic E-state index is -0.953. The van der Waals surface area contributed by atoms with Crippen LogP contribution in [0.2, 0.25) is 0 Å². The van der Waals surface area contributed by atoms with Crippen molar-refractivity contribution in [3.8, 4) is 0 Å². The van der Waals surface area contributed by atoms with Crippen LogP contribution in [0.4, 0.5) is 0 Å². The van der Waals surface area contributed by atoms with E-state index in [4.69, 9.17) is 5.11 Å². The lowest BCUT2D eigenvalue weighted by atomic mass is 9.62. The average Bonchev–Trinajstić information content (AvgIpc) is 2.60. The van der Waals surface area contributed by atoms with Gasteiger partial charge >= 0.3 is 5.97 Å². The van der Waals surface area contributed by atoms with E-state index >= 15 is 0 Å². The SMILES string of the molecule is C/C(=C/c1cc2c(cc1C)C(C)(C)CCC2(C)C)c1ccc(C(=O)O)cn1. The summed E-state index contributed by atoms with van der Waals surface area (Å²) in [6.07, 6.45) is 5.98. The van der Waals surface area contributed by atoms with Crippen molar-refractivity contribution in [3.05, 3.63) is 64.0 Å². The molecule has 0 unspecified atom stereocenters. The highest BCUT2D eigenvalue weighted by molar-refractivity contribution is 5.88. The first-order chi connectivity index (χ1) is 12.5. The van der Waals surface area contributed by atoms with Gasteiger partial charge in [-0.2, -0.15) is 0 Å². The van der Waals surface area contributed by atoms with E-state index in [0.29, 0.717) is 0 Å². The molecule has 0 aliphatic heterocycles. The number of fused-ring (bicyclic) bond motifs is 1. The molecule has 0 bridgehead atoms. The zero-order chi connectivity index (χ0) is 20.0. The largest absolute Gasteiger partial charge is 0.478 e. The Morgan fingerprint density at radius 1 is 1.07 bits per heavy atom. The maximum absolute atomic E-state index is 11.0. The maximum Gasteiger partial charge on any atom is 0.337 e. The Hall–Kier alpha value is -2.42. The average molecular weight is 364 g/mol. The fourth-order valence-electron chi connectivity index (χ4n) is 3.96. The summed E-state index contributed by atoms with van der Waals surface area (Å²) < 4.78 is 0. The minimum absolute atomic E-state index is 0.177. The molecule has 0 saturated heterocycles. The third-order valence-corrected chi connectivity index (χ3v) is 6.03. The van der Waals surface area contributed by atoms with Gasteiger partial charge in [-0.3, -0.25) is 4.98 Å². The Balaban J connectivity index is 2.05. The van der Waals surface area contributed by atoms with E-state index < -0.39 is 5.97 Å². The third kappa shape index (κ3) is 3.69. The van der Waals surface area contributed by atoms with Crippen molar-refractivity contribution in [2.45, 2.75) is 65.2 Å². The molecule has 142 valence electrons. The molecule has 1 heterocycles. The molecular formula is C24H29NO2. The van der Waals surface area contributed by atoms with Gasteiger partial charge in [0, 0.05) is 6.20 Å². The molecule has 0 amide bonds. The Bertz CT molecular complexity index is 918. The lowest BCUT2D eigenvalue weighted by Gasteiger charge is -2.42. The van der Waals surface area contributed by atoms with Gasteiger partial charge in [-0.25, -0.2) is 4.79 Å². The first-order valence-electron chi connectivity index (χ1n) is 9.55. The van der Waals surface area contributed by atoms with Crippen molar-refractivity contribution < 1.29 is 9.90 Å². The number of allylic oxidation sites excluding steroid dienone is 1. The van der Waals surface area contributed by atoms with Crippen molar-refractivity contribution in [2.24, 2.45) is 0 Å². The number of hydrogen-bond acceptors (Lipinski definition) is 2. The van der Waals surface area contributed by atoms with Crippen LogP contribution in [0.15, 0.2) is 30.5 Å². The van der Waals surface area contributed by atoms with Crippen LogP contribution in [-0.2, 0) is 10.8 Å². The van der Waals surface area contributed by atoms with Gasteiger partial charge in [0.15, 0.2) is 0 Å². The van der Waals surface area contributed by atoms with Crippen molar-refractivity contribution in [1.29, 1.82) is 0 Å². The van der Waals surface area contributed by atoms with Gasteiger partial charge in [-0.1, -0.05) is 39.8 Å². The first-order valence-corrected chi connectivity index (χ1v) is 9.55. The van der Waals surface area contributed by atoms with Crippen LogP contribution in [-0.4, -0.2) is 16.1 Å². The lowest BCUT2D eigenvalue weighted by molar-refractivity contribution is 0.0696. The predicted molar refractivity (Wildman–Crippen MR) is 111 cm³/mol. The number of carbonyl (C=O) groups is 1. The Kier molecular flexibility index (Phi) is 4.75. The van der Waals surface area contributed by atoms with Gasteiger partial charge in [-0.05, 0) is 83.6 Å². The van der Waals surface area contributed by atoms with E-state index in [1.54, 1.807) is 12.1 Å². The van der Waals surface area contributed by atoms with Gasteiger partial charge in [0.25, 0.3) is 0 Å². The van der Waals surface area contributed by atoms with Crippen LogP contribution in [0, 0.1) is 6.92 Å². The van der Waals surface area contributed by atoms with Crippen molar-refractivity contribution in [3.63, 3.8) is 0 Å². The van der Waals surface area contributed by atoms with Gasteiger partial charge in [-0.15, -0.1) is 0 Å². The Morgan fingerprint density at radius 3 is 2.19 bits per heavy atom. The second-order valence-electron chi connectivity index (χ2n) is 9.09. The number of rotatable bonds is 3. The highest BCUT2D eigenvalue weighted by atomic mass is 16.4. The molecular weight excluding hydrogens is 334 g/mol. The van der Waals surface area contributed by atoms with Crippen LogP contribution in [0.1, 0.15) is 85.8 Å². The molecule has 0 fully saturated rings. The molecule has 0 saturated carbocycles. The number of benzene rings is 1. The molecule has 0 atom stereocenters. The monoisotopic (exact) mass is 363 g/mol. The third-order valence-electron chi connectivity index (χ3n) is 6.03. The van der Waals surface area contributed by atoms with E-state index in [-0.39, 0.29) is 16.4 Å². The van der Waals surface area contributed by atoms with E-state index in [9.17, 15) is 4.79 Å². The zero-order valence-corrected chi connectivity index (χ0v) is 17.2. The number of pyridine rings is 1. The number of aromatic nitrogens is 1. The molecule has 1 aliphatic carbocycles. The number of nitrogens with zero attached hydrogens (tertiary/aromatic N) is 1. The molecule has 1 N–H and O–H groups in total. The van der Waals surface area contributed by atoms with E-state index in [1.807, 2.05) is 6.92 Å². The second kappa shape index (κ2) is 6.63. The summed E-state index contributed by atoms with van der Waals surface area (Å²) in [6.45, 7) is 13.5. The van der Waals surface area contributed by atoms with Gasteiger partial charge in [0.05, 0.1) is 11.3 Å². The first kappa shape index (κ1) is 19.3. The van der Waals surface area contributed by atoms with Crippen molar-refractivity contribution in [1.82, 2.24) is 4.98 Å². The minimum Gasteiger partial charge on any atom is -0.478 e. The summed E-state index contributed by atoms with van der Waals surface area (Å²) in [5.74, 6) is -0.953. The quantitative estimate of drug-likeness (QED) is 0.728. The van der Waals surface area contributed by atoms with E-state index in [1.165, 1.54) is 41.3 Å². The maximum atomic E-state index is 11.0. The Labute approximate surface area is 162 Å². The normalized spacial score (nSPS) is 18.1. The fourth-order valence-corrected chi connectivity index (χ4v) is 3.96.